The third-order valence-corrected chi connectivity index (χ3v) is 7.66. The SMILES string of the molecule is O=C(Cc1nnc([C@H]2CCCc3cnc(NC4Cc5ccccc5C4)nc32)o1)N1CCc2nn[nH]c2C1. The number of fused-ring (bicyclic) bond motifs is 3. The van der Waals surface area contributed by atoms with Crippen LogP contribution in [0.5, 0.6) is 0 Å². The molecule has 2 N–H and O–H groups in total. The van der Waals surface area contributed by atoms with E-state index in [4.69, 9.17) is 9.40 Å². The summed E-state index contributed by atoms with van der Waals surface area (Å²) in [5, 5.41) is 22.8. The Kier molecular flexibility index (Phi) is 5.40. The van der Waals surface area contributed by atoms with E-state index in [1.165, 1.54) is 11.1 Å². The highest BCUT2D eigenvalue weighted by Crippen LogP contribution is 2.35. The monoisotopic (exact) mass is 497 g/mol. The lowest BCUT2D eigenvalue weighted by atomic mass is 9.87. The number of nitrogens with zero attached hydrogens (tertiary/aromatic N) is 7. The number of amides is 1. The minimum atomic E-state index is -0.0990. The van der Waals surface area contributed by atoms with Crippen molar-refractivity contribution in [1.82, 2.24) is 40.5 Å². The van der Waals surface area contributed by atoms with Gasteiger partial charge in [0.05, 0.1) is 29.5 Å². The van der Waals surface area contributed by atoms with Crippen LogP contribution in [-0.2, 0) is 43.4 Å². The molecule has 1 amide bonds. The number of hydrogen-bond acceptors (Lipinski definition) is 9. The van der Waals surface area contributed by atoms with Gasteiger partial charge in [0.1, 0.15) is 6.42 Å². The second kappa shape index (κ2) is 9.06. The summed E-state index contributed by atoms with van der Waals surface area (Å²) in [6, 6.07) is 8.84. The quantitative estimate of drug-likeness (QED) is 0.425. The smallest absolute Gasteiger partial charge is 0.232 e. The Morgan fingerprint density at radius 3 is 2.84 bits per heavy atom. The maximum absolute atomic E-state index is 12.9. The van der Waals surface area contributed by atoms with Crippen molar-refractivity contribution in [3.8, 4) is 0 Å². The summed E-state index contributed by atoms with van der Waals surface area (Å²) in [7, 11) is 0. The molecule has 11 nitrogen and oxygen atoms in total. The van der Waals surface area contributed by atoms with E-state index in [-0.39, 0.29) is 24.3 Å². The van der Waals surface area contributed by atoms with Crippen molar-refractivity contribution >= 4 is 11.9 Å². The van der Waals surface area contributed by atoms with Crippen molar-refractivity contribution in [2.24, 2.45) is 0 Å². The molecule has 11 heteroatoms. The predicted octanol–water partition coefficient (Wildman–Crippen LogP) is 2.15. The van der Waals surface area contributed by atoms with Crippen molar-refractivity contribution in [2.75, 3.05) is 11.9 Å². The normalized spacial score (nSPS) is 18.8. The first-order chi connectivity index (χ1) is 18.2. The van der Waals surface area contributed by atoms with Crippen LogP contribution >= 0.6 is 0 Å². The van der Waals surface area contributed by atoms with Crippen LogP contribution in [0.4, 0.5) is 5.95 Å². The van der Waals surface area contributed by atoms with Crippen LogP contribution in [0.1, 0.15) is 64.3 Å². The van der Waals surface area contributed by atoms with Gasteiger partial charge in [0.15, 0.2) is 0 Å². The van der Waals surface area contributed by atoms with Crippen LogP contribution in [0.2, 0.25) is 0 Å². The van der Waals surface area contributed by atoms with Gasteiger partial charge >= 0.3 is 0 Å². The van der Waals surface area contributed by atoms with E-state index in [1.54, 1.807) is 4.90 Å². The zero-order valence-electron chi connectivity index (χ0n) is 20.4. The Bertz CT molecular complexity index is 1440. The first-order valence-corrected chi connectivity index (χ1v) is 12.9. The first-order valence-electron chi connectivity index (χ1n) is 12.9. The van der Waals surface area contributed by atoms with Gasteiger partial charge in [-0.1, -0.05) is 29.5 Å². The topological polar surface area (TPSA) is 139 Å². The maximum Gasteiger partial charge on any atom is 0.232 e. The summed E-state index contributed by atoms with van der Waals surface area (Å²) < 4.78 is 6.03. The highest BCUT2D eigenvalue weighted by molar-refractivity contribution is 5.78. The summed E-state index contributed by atoms with van der Waals surface area (Å²) in [6.45, 7) is 1.07. The molecule has 3 aromatic heterocycles. The van der Waals surface area contributed by atoms with Gasteiger partial charge < -0.3 is 14.6 Å². The fraction of sp³-hybridized carbons (Fsp3) is 0.423. The number of carbonyl (C=O) groups is 1. The molecule has 0 fully saturated rings. The predicted molar refractivity (Wildman–Crippen MR) is 132 cm³/mol. The number of anilines is 1. The number of carbonyl (C=O) groups excluding carboxylic acids is 1. The molecular formula is C26H27N9O2. The van der Waals surface area contributed by atoms with Crippen LogP contribution < -0.4 is 5.32 Å². The first kappa shape index (κ1) is 22.1. The summed E-state index contributed by atoms with van der Waals surface area (Å²) >= 11 is 0. The fourth-order valence-corrected chi connectivity index (χ4v) is 5.74. The number of nitrogens with one attached hydrogen (secondary N) is 2. The van der Waals surface area contributed by atoms with Crippen molar-refractivity contribution in [1.29, 1.82) is 0 Å². The molecule has 0 bridgehead atoms. The van der Waals surface area contributed by atoms with Gasteiger partial charge in [0, 0.05) is 25.2 Å². The molecule has 3 aliphatic rings. The molecule has 0 saturated carbocycles. The molecule has 0 saturated heterocycles. The minimum absolute atomic E-state index is 0.0501. The molecule has 37 heavy (non-hydrogen) atoms. The third kappa shape index (κ3) is 4.24. The lowest BCUT2D eigenvalue weighted by molar-refractivity contribution is -0.131. The van der Waals surface area contributed by atoms with E-state index in [0.717, 1.165) is 54.7 Å². The van der Waals surface area contributed by atoms with E-state index < -0.39 is 0 Å². The number of aromatic amines is 1. The molecule has 4 aromatic rings. The average Bonchev–Trinajstić information content (AvgIpc) is 3.67. The largest absolute Gasteiger partial charge is 0.424 e. The standard InChI is InChI=1S/C26H27N9O2/c36-23(35-9-8-20-21(14-35)31-34-30-20)12-22-32-33-25(37-22)19-7-3-6-17-13-27-26(29-24(17)19)28-18-10-15-4-1-2-5-16(15)11-18/h1-2,4-5,13,18-19H,3,6-12,14H2,(H,27,28,29)(H,30,31,34)/t19-/m0/s1. The van der Waals surface area contributed by atoms with Crippen LogP contribution in [0.3, 0.4) is 0 Å². The van der Waals surface area contributed by atoms with Gasteiger partial charge in [0.2, 0.25) is 23.6 Å². The number of H-pyrrole nitrogens is 1. The molecule has 7 rings (SSSR count). The molecule has 0 spiro atoms. The fourth-order valence-electron chi connectivity index (χ4n) is 5.74. The Labute approximate surface area is 213 Å². The number of aryl methyl sites for hydroxylation is 1. The summed E-state index contributed by atoms with van der Waals surface area (Å²) in [5.74, 6) is 1.33. The van der Waals surface area contributed by atoms with Crippen LogP contribution in [0, 0.1) is 0 Å². The summed E-state index contributed by atoms with van der Waals surface area (Å²) in [5.41, 5.74) is 6.63. The van der Waals surface area contributed by atoms with Gasteiger partial charge in [0.25, 0.3) is 0 Å². The Hall–Kier alpha value is -4.15. The molecule has 1 aromatic carbocycles. The van der Waals surface area contributed by atoms with E-state index >= 15 is 0 Å². The van der Waals surface area contributed by atoms with E-state index in [1.807, 2.05) is 6.20 Å². The Morgan fingerprint density at radius 2 is 1.97 bits per heavy atom. The average molecular weight is 498 g/mol. The van der Waals surface area contributed by atoms with E-state index in [2.05, 4.69) is 60.2 Å². The molecule has 188 valence electrons. The Morgan fingerprint density at radius 1 is 1.11 bits per heavy atom. The van der Waals surface area contributed by atoms with Gasteiger partial charge in [-0.15, -0.1) is 15.3 Å². The second-order valence-electron chi connectivity index (χ2n) is 10.1. The van der Waals surface area contributed by atoms with E-state index in [0.29, 0.717) is 37.2 Å². The highest BCUT2D eigenvalue weighted by Gasteiger charge is 2.31. The molecular weight excluding hydrogens is 470 g/mol. The molecule has 1 atom stereocenters. The van der Waals surface area contributed by atoms with E-state index in [9.17, 15) is 4.79 Å². The van der Waals surface area contributed by atoms with Crippen molar-refractivity contribution < 1.29 is 9.21 Å². The second-order valence-corrected chi connectivity index (χ2v) is 10.1. The molecule has 0 unspecified atom stereocenters. The van der Waals surface area contributed by atoms with Gasteiger partial charge in [-0.3, -0.25) is 9.89 Å². The lowest BCUT2D eigenvalue weighted by Crippen LogP contribution is -2.37. The summed E-state index contributed by atoms with van der Waals surface area (Å²) in [6.07, 6.45) is 7.42. The van der Waals surface area contributed by atoms with Crippen molar-refractivity contribution in [3.05, 3.63) is 76.0 Å². The van der Waals surface area contributed by atoms with Gasteiger partial charge in [-0.2, -0.15) is 0 Å². The Balaban J connectivity index is 1.05. The molecule has 4 heterocycles. The molecule has 2 aliphatic carbocycles. The minimum Gasteiger partial charge on any atom is -0.424 e. The zero-order valence-corrected chi connectivity index (χ0v) is 20.4. The van der Waals surface area contributed by atoms with Crippen LogP contribution in [0.25, 0.3) is 0 Å². The number of hydrogen-bond donors (Lipinski definition) is 2. The van der Waals surface area contributed by atoms with Gasteiger partial charge in [-0.25, -0.2) is 9.97 Å². The van der Waals surface area contributed by atoms with Crippen molar-refractivity contribution in [3.63, 3.8) is 0 Å². The van der Waals surface area contributed by atoms with Crippen LogP contribution in [-0.4, -0.2) is 59.0 Å². The maximum atomic E-state index is 12.9. The lowest BCUT2D eigenvalue weighted by Gasteiger charge is -2.25. The number of rotatable bonds is 5. The summed E-state index contributed by atoms with van der Waals surface area (Å²) in [4.78, 5) is 24.2. The number of aromatic nitrogens is 7. The molecule has 1 aliphatic heterocycles. The third-order valence-electron chi connectivity index (χ3n) is 7.66. The van der Waals surface area contributed by atoms with Gasteiger partial charge in [-0.05, 0) is 48.8 Å². The number of benzene rings is 1. The zero-order chi connectivity index (χ0) is 24.8. The van der Waals surface area contributed by atoms with Crippen molar-refractivity contribution in [2.45, 2.75) is 63.5 Å². The van der Waals surface area contributed by atoms with Crippen LogP contribution in [0.15, 0.2) is 34.9 Å². The molecule has 0 radical (unpaired) electrons. The highest BCUT2D eigenvalue weighted by atomic mass is 16.4.